The van der Waals surface area contributed by atoms with Crippen LogP contribution in [0, 0.1) is 0 Å². The molecule has 0 aliphatic carbocycles. The second kappa shape index (κ2) is 5.87. The molecule has 1 unspecified atom stereocenters. The van der Waals surface area contributed by atoms with Crippen molar-refractivity contribution in [3.8, 4) is 0 Å². The largest absolute Gasteiger partial charge is 0.480 e. The maximum atomic E-state index is 12.7. The van der Waals surface area contributed by atoms with E-state index >= 15 is 0 Å². The summed E-state index contributed by atoms with van der Waals surface area (Å²) in [7, 11) is 0. The molecule has 1 amide bonds. The van der Waals surface area contributed by atoms with Crippen LogP contribution in [0.25, 0.3) is 0 Å². The summed E-state index contributed by atoms with van der Waals surface area (Å²) in [5.41, 5.74) is 2.25. The Morgan fingerprint density at radius 2 is 1.91 bits per heavy atom. The van der Waals surface area contributed by atoms with Crippen LogP contribution in [0.2, 0.25) is 0 Å². The van der Waals surface area contributed by atoms with Gasteiger partial charge in [-0.2, -0.15) is 5.10 Å². The number of carbonyl (C=O) groups is 2. The van der Waals surface area contributed by atoms with Crippen molar-refractivity contribution in [2.75, 3.05) is 0 Å². The average Bonchev–Trinajstić information content (AvgIpc) is 3.03. The Morgan fingerprint density at radius 1 is 1.22 bits per heavy atom. The smallest absolute Gasteiger partial charge is 0.326 e. The zero-order valence-electron chi connectivity index (χ0n) is 13.1. The molecule has 0 radical (unpaired) electrons. The monoisotopic (exact) mass is 313 g/mol. The molecular weight excluding hydrogens is 294 g/mol. The van der Waals surface area contributed by atoms with Crippen LogP contribution >= 0.6 is 0 Å². The first-order valence-corrected chi connectivity index (χ1v) is 7.63. The van der Waals surface area contributed by atoms with Crippen molar-refractivity contribution in [2.24, 2.45) is 0 Å². The maximum absolute atomic E-state index is 12.7. The number of amides is 1. The van der Waals surface area contributed by atoms with E-state index in [2.05, 4.69) is 5.10 Å². The molecule has 2 aromatic rings. The molecule has 1 aromatic heterocycles. The van der Waals surface area contributed by atoms with Gasteiger partial charge in [0.05, 0.1) is 0 Å². The van der Waals surface area contributed by atoms with Crippen LogP contribution in [0.4, 0.5) is 0 Å². The predicted octanol–water partition coefficient (Wildman–Crippen LogP) is 2.12. The number of aromatic nitrogens is 2. The first-order chi connectivity index (χ1) is 11.0. The lowest BCUT2D eigenvalue weighted by atomic mass is 9.93. The van der Waals surface area contributed by atoms with Crippen LogP contribution in [0.15, 0.2) is 36.5 Å². The zero-order valence-corrected chi connectivity index (χ0v) is 13.1. The number of hydrogen-bond acceptors (Lipinski definition) is 3. The van der Waals surface area contributed by atoms with Gasteiger partial charge in [-0.05, 0) is 31.0 Å². The predicted molar refractivity (Wildman–Crippen MR) is 84.1 cm³/mol. The molecule has 0 fully saturated rings. The highest BCUT2D eigenvalue weighted by Crippen LogP contribution is 2.25. The highest BCUT2D eigenvalue weighted by Gasteiger charge is 2.35. The molecule has 0 spiro atoms. The Morgan fingerprint density at radius 3 is 2.52 bits per heavy atom. The van der Waals surface area contributed by atoms with Gasteiger partial charge in [0, 0.05) is 25.2 Å². The molecule has 1 aliphatic rings. The van der Waals surface area contributed by atoms with Crippen molar-refractivity contribution in [2.45, 2.75) is 38.9 Å². The minimum atomic E-state index is -0.990. The molecular formula is C17H19N3O3. The summed E-state index contributed by atoms with van der Waals surface area (Å²) in [5, 5.41) is 13.8. The van der Waals surface area contributed by atoms with Gasteiger partial charge in [0.15, 0.2) is 0 Å². The van der Waals surface area contributed by atoms with Gasteiger partial charge in [0.2, 0.25) is 0 Å². The van der Waals surface area contributed by atoms with Crippen LogP contribution in [0.5, 0.6) is 0 Å². The summed E-state index contributed by atoms with van der Waals surface area (Å²) in [4.78, 5) is 25.8. The number of nitrogens with zero attached hydrogens (tertiary/aromatic N) is 3. The van der Waals surface area contributed by atoms with E-state index in [1.165, 1.54) is 4.90 Å². The Bertz CT molecular complexity index is 751. The molecule has 120 valence electrons. The van der Waals surface area contributed by atoms with Crippen molar-refractivity contribution >= 4 is 11.9 Å². The standard InChI is InChI=1S/C17H19N3O3/c1-11(2)20-8-7-14(18-20)16(21)19-10-13-6-4-3-5-12(13)9-15(19)17(22)23/h3-8,11,15H,9-10H2,1-2H3,(H,22,23). The van der Waals surface area contributed by atoms with E-state index in [1.807, 2.05) is 38.1 Å². The van der Waals surface area contributed by atoms with E-state index in [-0.39, 0.29) is 17.6 Å². The first-order valence-electron chi connectivity index (χ1n) is 7.63. The summed E-state index contributed by atoms with van der Waals surface area (Å²) in [6.45, 7) is 4.23. The molecule has 1 atom stereocenters. The molecule has 3 rings (SSSR count). The van der Waals surface area contributed by atoms with Gasteiger partial charge in [-0.3, -0.25) is 9.48 Å². The van der Waals surface area contributed by atoms with Gasteiger partial charge in [0.1, 0.15) is 11.7 Å². The summed E-state index contributed by atoms with van der Waals surface area (Å²) >= 11 is 0. The summed E-state index contributed by atoms with van der Waals surface area (Å²) in [6, 6.07) is 8.56. The quantitative estimate of drug-likeness (QED) is 0.941. The van der Waals surface area contributed by atoms with Crippen molar-refractivity contribution in [1.82, 2.24) is 14.7 Å². The fourth-order valence-corrected chi connectivity index (χ4v) is 2.84. The van der Waals surface area contributed by atoms with Crippen molar-refractivity contribution in [1.29, 1.82) is 0 Å². The van der Waals surface area contributed by atoms with Gasteiger partial charge in [-0.15, -0.1) is 0 Å². The van der Waals surface area contributed by atoms with E-state index in [4.69, 9.17) is 0 Å². The SMILES string of the molecule is CC(C)n1ccc(C(=O)N2Cc3ccccc3CC2C(=O)O)n1. The van der Waals surface area contributed by atoms with Crippen LogP contribution in [0.1, 0.15) is 41.5 Å². The van der Waals surface area contributed by atoms with Gasteiger partial charge in [0.25, 0.3) is 5.91 Å². The van der Waals surface area contributed by atoms with Crippen LogP contribution in [0.3, 0.4) is 0 Å². The third-order valence-corrected chi connectivity index (χ3v) is 4.15. The van der Waals surface area contributed by atoms with Crippen LogP contribution < -0.4 is 0 Å². The normalized spacial score (nSPS) is 17.2. The number of fused-ring (bicyclic) bond motifs is 1. The Balaban J connectivity index is 1.92. The number of carboxylic acids is 1. The van der Waals surface area contributed by atoms with Crippen molar-refractivity contribution in [3.05, 3.63) is 53.3 Å². The molecule has 1 aromatic carbocycles. The van der Waals surface area contributed by atoms with Gasteiger partial charge >= 0.3 is 5.97 Å². The Kier molecular flexibility index (Phi) is 3.90. The number of benzene rings is 1. The zero-order chi connectivity index (χ0) is 16.6. The van der Waals surface area contributed by atoms with E-state index < -0.39 is 12.0 Å². The molecule has 0 saturated heterocycles. The van der Waals surface area contributed by atoms with E-state index in [1.54, 1.807) is 16.9 Å². The Labute approximate surface area is 134 Å². The average molecular weight is 313 g/mol. The number of carboxylic acid groups (broad SMARTS) is 1. The van der Waals surface area contributed by atoms with Crippen molar-refractivity contribution in [3.63, 3.8) is 0 Å². The lowest BCUT2D eigenvalue weighted by Gasteiger charge is -2.34. The summed E-state index contributed by atoms with van der Waals surface area (Å²) in [5.74, 6) is -1.33. The molecule has 0 saturated carbocycles. The summed E-state index contributed by atoms with van der Waals surface area (Å²) in [6.07, 6.45) is 2.06. The second-order valence-electron chi connectivity index (χ2n) is 6.03. The lowest BCUT2D eigenvalue weighted by Crippen LogP contribution is -2.48. The van der Waals surface area contributed by atoms with Crippen molar-refractivity contribution < 1.29 is 14.7 Å². The number of rotatable bonds is 3. The highest BCUT2D eigenvalue weighted by atomic mass is 16.4. The van der Waals surface area contributed by atoms with Gasteiger partial charge in [-0.1, -0.05) is 24.3 Å². The van der Waals surface area contributed by atoms with E-state index in [0.29, 0.717) is 13.0 Å². The molecule has 1 N–H and O–H groups in total. The summed E-state index contributed by atoms with van der Waals surface area (Å²) < 4.78 is 1.70. The fourth-order valence-electron chi connectivity index (χ4n) is 2.84. The first kappa shape index (κ1) is 15.3. The molecule has 6 heteroatoms. The minimum Gasteiger partial charge on any atom is -0.480 e. The topological polar surface area (TPSA) is 75.4 Å². The molecule has 6 nitrogen and oxygen atoms in total. The van der Waals surface area contributed by atoms with Crippen LogP contribution in [-0.2, 0) is 17.8 Å². The molecule has 1 aliphatic heterocycles. The molecule has 23 heavy (non-hydrogen) atoms. The Hall–Kier alpha value is -2.63. The van der Waals surface area contributed by atoms with E-state index in [0.717, 1.165) is 11.1 Å². The molecule has 2 heterocycles. The minimum absolute atomic E-state index is 0.147. The number of aliphatic carboxylic acids is 1. The van der Waals surface area contributed by atoms with Gasteiger partial charge < -0.3 is 10.0 Å². The third-order valence-electron chi connectivity index (χ3n) is 4.15. The second-order valence-corrected chi connectivity index (χ2v) is 6.03. The highest BCUT2D eigenvalue weighted by molar-refractivity contribution is 5.95. The molecule has 0 bridgehead atoms. The van der Waals surface area contributed by atoms with Gasteiger partial charge in [-0.25, -0.2) is 4.79 Å². The van der Waals surface area contributed by atoms with E-state index in [9.17, 15) is 14.7 Å². The van der Waals surface area contributed by atoms with Crippen LogP contribution in [-0.4, -0.2) is 37.7 Å². The number of carbonyl (C=O) groups excluding carboxylic acids is 1. The third kappa shape index (κ3) is 2.84. The number of hydrogen-bond donors (Lipinski definition) is 1. The lowest BCUT2D eigenvalue weighted by molar-refractivity contribution is -0.142. The fraction of sp³-hybridized carbons (Fsp3) is 0.353. The maximum Gasteiger partial charge on any atom is 0.326 e.